The van der Waals surface area contributed by atoms with E-state index in [0.29, 0.717) is 30.9 Å². The lowest BCUT2D eigenvalue weighted by Crippen LogP contribution is -2.60. The lowest BCUT2D eigenvalue weighted by molar-refractivity contribution is 0.0645. The molecule has 0 radical (unpaired) electrons. The Labute approximate surface area is 211 Å². The van der Waals surface area contributed by atoms with E-state index in [9.17, 15) is 14.0 Å². The normalized spacial score (nSPS) is 25.9. The van der Waals surface area contributed by atoms with Gasteiger partial charge < -0.3 is 9.64 Å². The fourth-order valence-corrected chi connectivity index (χ4v) is 5.82. The van der Waals surface area contributed by atoms with Crippen molar-refractivity contribution in [1.29, 1.82) is 0 Å². The molecule has 3 fully saturated rings. The molecule has 1 aliphatic carbocycles. The molecule has 2 heterocycles. The van der Waals surface area contributed by atoms with Crippen LogP contribution in [-0.4, -0.2) is 47.0 Å². The first-order chi connectivity index (χ1) is 17.5. The van der Waals surface area contributed by atoms with E-state index in [1.54, 1.807) is 21.9 Å². The molecule has 1 unspecified atom stereocenters. The van der Waals surface area contributed by atoms with Gasteiger partial charge in [-0.3, -0.25) is 15.2 Å². The predicted octanol–water partition coefficient (Wildman–Crippen LogP) is 5.65. The minimum Gasteiger partial charge on any atom is -0.445 e. The number of nitrogens with zero attached hydrogens (tertiary/aromatic N) is 3. The van der Waals surface area contributed by atoms with E-state index in [1.807, 2.05) is 37.3 Å². The van der Waals surface area contributed by atoms with Crippen molar-refractivity contribution in [2.24, 2.45) is 4.99 Å². The molecule has 7 nitrogen and oxygen atoms in total. The lowest BCUT2D eigenvalue weighted by atomic mass is 9.81. The third-order valence-electron chi connectivity index (χ3n) is 7.62. The molecule has 1 spiro atoms. The smallest absolute Gasteiger partial charge is 0.410 e. The molecule has 36 heavy (non-hydrogen) atoms. The van der Waals surface area contributed by atoms with Gasteiger partial charge in [-0.2, -0.15) is 0 Å². The maximum Gasteiger partial charge on any atom is 0.410 e. The van der Waals surface area contributed by atoms with Crippen molar-refractivity contribution in [2.75, 3.05) is 11.4 Å². The van der Waals surface area contributed by atoms with E-state index in [2.05, 4.69) is 5.32 Å². The molecule has 2 aliphatic heterocycles. The van der Waals surface area contributed by atoms with E-state index in [4.69, 9.17) is 9.73 Å². The number of ether oxygens (including phenoxy) is 1. The maximum absolute atomic E-state index is 14.2. The van der Waals surface area contributed by atoms with Gasteiger partial charge in [0, 0.05) is 18.3 Å². The number of hydrogen-bond acceptors (Lipinski definition) is 4. The number of amides is 3. The fourth-order valence-electron chi connectivity index (χ4n) is 5.82. The molecule has 2 aromatic rings. The van der Waals surface area contributed by atoms with E-state index in [1.165, 1.54) is 18.6 Å². The second kappa shape index (κ2) is 10.3. The Morgan fingerprint density at radius 1 is 1.14 bits per heavy atom. The van der Waals surface area contributed by atoms with Crippen LogP contribution in [0.3, 0.4) is 0 Å². The van der Waals surface area contributed by atoms with E-state index < -0.39 is 11.4 Å². The summed E-state index contributed by atoms with van der Waals surface area (Å²) in [7, 11) is 0. The largest absolute Gasteiger partial charge is 0.445 e. The molecule has 8 heteroatoms. The molecule has 1 saturated carbocycles. The molecule has 2 atom stereocenters. The van der Waals surface area contributed by atoms with Crippen LogP contribution in [0, 0.1) is 5.82 Å². The number of amidine groups is 1. The molecule has 3 amide bonds. The zero-order valence-corrected chi connectivity index (χ0v) is 20.7. The van der Waals surface area contributed by atoms with Gasteiger partial charge in [-0.1, -0.05) is 55.7 Å². The van der Waals surface area contributed by atoms with Crippen LogP contribution in [-0.2, 0) is 11.3 Å². The average molecular weight is 493 g/mol. The van der Waals surface area contributed by atoms with Gasteiger partial charge in [0.1, 0.15) is 23.8 Å². The molecule has 3 aliphatic rings. The van der Waals surface area contributed by atoms with E-state index in [0.717, 1.165) is 31.2 Å². The Bertz CT molecular complexity index is 1130. The van der Waals surface area contributed by atoms with Gasteiger partial charge in [0.15, 0.2) is 0 Å². The van der Waals surface area contributed by atoms with Crippen LogP contribution in [0.25, 0.3) is 0 Å². The van der Waals surface area contributed by atoms with Gasteiger partial charge in [-0.15, -0.1) is 0 Å². The van der Waals surface area contributed by atoms with Crippen LogP contribution >= 0.6 is 0 Å². The number of benzene rings is 2. The minimum atomic E-state index is -0.766. The zero-order valence-electron chi connectivity index (χ0n) is 20.7. The lowest BCUT2D eigenvalue weighted by Gasteiger charge is -2.46. The van der Waals surface area contributed by atoms with Gasteiger partial charge in [0.2, 0.25) is 0 Å². The molecule has 1 N–H and O–H groups in total. The summed E-state index contributed by atoms with van der Waals surface area (Å²) in [4.78, 5) is 34.7. The summed E-state index contributed by atoms with van der Waals surface area (Å²) < 4.78 is 19.8. The van der Waals surface area contributed by atoms with Crippen molar-refractivity contribution in [1.82, 2.24) is 10.2 Å². The Balaban J connectivity index is 1.40. The first kappa shape index (κ1) is 24.3. The van der Waals surface area contributed by atoms with Crippen LogP contribution in [0.2, 0.25) is 0 Å². The van der Waals surface area contributed by atoms with Crippen molar-refractivity contribution >= 4 is 23.6 Å². The Morgan fingerprint density at radius 2 is 1.92 bits per heavy atom. The highest BCUT2D eigenvalue weighted by Gasteiger charge is 2.55. The predicted molar refractivity (Wildman–Crippen MR) is 136 cm³/mol. The van der Waals surface area contributed by atoms with Crippen LogP contribution in [0.4, 0.5) is 19.7 Å². The Kier molecular flexibility index (Phi) is 6.94. The highest BCUT2D eigenvalue weighted by atomic mass is 19.1. The van der Waals surface area contributed by atoms with E-state index >= 15 is 0 Å². The third kappa shape index (κ3) is 4.81. The summed E-state index contributed by atoms with van der Waals surface area (Å²) in [6.07, 6.45) is 6.08. The van der Waals surface area contributed by atoms with Crippen molar-refractivity contribution in [3.8, 4) is 0 Å². The maximum atomic E-state index is 14.2. The van der Waals surface area contributed by atoms with Crippen LogP contribution in [0.1, 0.15) is 57.4 Å². The Morgan fingerprint density at radius 3 is 2.64 bits per heavy atom. The number of carbonyl (C=O) groups is 2. The van der Waals surface area contributed by atoms with E-state index in [-0.39, 0.29) is 30.8 Å². The number of hydrogen-bond donors (Lipinski definition) is 1. The molecular weight excluding hydrogens is 459 g/mol. The SMILES string of the molecule is C[C@H]1CC2(CCN1C(=O)OCc1ccccc1)C(=NC1CCCCC1)NC(=O)N2c1cccc(F)c1. The topological polar surface area (TPSA) is 74.2 Å². The van der Waals surface area contributed by atoms with Gasteiger partial charge in [0.25, 0.3) is 0 Å². The number of urea groups is 1. The molecular formula is C28H33FN4O3. The first-order valence-corrected chi connectivity index (χ1v) is 12.9. The molecule has 0 aromatic heterocycles. The van der Waals surface area contributed by atoms with Crippen LogP contribution in [0.15, 0.2) is 59.6 Å². The van der Waals surface area contributed by atoms with Crippen molar-refractivity contribution < 1.29 is 18.7 Å². The average Bonchev–Trinajstić information content (AvgIpc) is 3.13. The number of aliphatic imine (C=N–C) groups is 1. The summed E-state index contributed by atoms with van der Waals surface area (Å²) >= 11 is 0. The second-order valence-corrected chi connectivity index (χ2v) is 10.1. The zero-order chi connectivity index (χ0) is 25.1. The standard InChI is InChI=1S/C28H33FN4O3/c1-20-18-28(15-16-32(20)27(35)36-19-21-9-4-2-5-10-21)25(30-23-12-6-3-7-13-23)31-26(34)33(28)24-14-8-11-22(29)17-24/h2,4-5,8-11,14,17,20,23H,3,6-7,12-13,15-16,18-19H2,1H3,(H,30,31,34)/t20-,28?/m0/s1. The first-order valence-electron chi connectivity index (χ1n) is 12.9. The number of nitrogens with one attached hydrogen (secondary N) is 1. The number of rotatable bonds is 4. The van der Waals surface area contributed by atoms with Crippen molar-refractivity contribution in [3.63, 3.8) is 0 Å². The summed E-state index contributed by atoms with van der Waals surface area (Å²) in [5.74, 6) is 0.246. The van der Waals surface area contributed by atoms with Crippen molar-refractivity contribution in [3.05, 3.63) is 66.0 Å². The quantitative estimate of drug-likeness (QED) is 0.600. The summed E-state index contributed by atoms with van der Waals surface area (Å²) in [6, 6.07) is 15.4. The summed E-state index contributed by atoms with van der Waals surface area (Å²) in [5.41, 5.74) is 0.656. The minimum absolute atomic E-state index is 0.169. The number of anilines is 1. The molecule has 0 bridgehead atoms. The van der Waals surface area contributed by atoms with Crippen LogP contribution in [0.5, 0.6) is 0 Å². The van der Waals surface area contributed by atoms with Gasteiger partial charge in [-0.25, -0.2) is 14.0 Å². The third-order valence-corrected chi connectivity index (χ3v) is 7.62. The molecule has 5 rings (SSSR count). The monoisotopic (exact) mass is 492 g/mol. The molecule has 2 saturated heterocycles. The number of halogens is 1. The summed E-state index contributed by atoms with van der Waals surface area (Å²) in [5, 5.41) is 3.02. The molecule has 190 valence electrons. The van der Waals surface area contributed by atoms with Gasteiger partial charge >= 0.3 is 12.1 Å². The number of carbonyl (C=O) groups excluding carboxylic acids is 2. The van der Waals surface area contributed by atoms with Crippen molar-refractivity contribution in [2.45, 2.75) is 76.1 Å². The second-order valence-electron chi connectivity index (χ2n) is 10.1. The molecule has 2 aromatic carbocycles. The highest BCUT2D eigenvalue weighted by molar-refractivity contribution is 6.19. The van der Waals surface area contributed by atoms with Crippen LogP contribution < -0.4 is 10.2 Å². The highest BCUT2D eigenvalue weighted by Crippen LogP contribution is 2.41. The van der Waals surface area contributed by atoms with Gasteiger partial charge in [0.05, 0.1) is 6.04 Å². The van der Waals surface area contributed by atoms with Gasteiger partial charge in [-0.05, 0) is 56.4 Å². The summed E-state index contributed by atoms with van der Waals surface area (Å²) in [6.45, 7) is 2.58. The fraction of sp³-hybridized carbons (Fsp3) is 0.464. The number of piperidine rings is 1. The number of likely N-dealkylation sites (tertiary alicyclic amines) is 1. The Hall–Kier alpha value is -3.42.